The van der Waals surface area contributed by atoms with Crippen LogP contribution in [0.25, 0.3) is 5.57 Å². The fourth-order valence-corrected chi connectivity index (χ4v) is 6.45. The van der Waals surface area contributed by atoms with Crippen LogP contribution in [0.2, 0.25) is 30.7 Å². The average molecular weight is 630 g/mol. The number of benzene rings is 1. The topological polar surface area (TPSA) is 115 Å². The number of ketones is 1. The number of amides is 1. The van der Waals surface area contributed by atoms with E-state index >= 15 is 0 Å². The molecular weight excluding hydrogens is 598 g/mol. The molecule has 0 saturated carbocycles. The van der Waals surface area contributed by atoms with E-state index in [1.54, 1.807) is 0 Å². The number of carboxylic acid groups (broad SMARTS) is 1. The number of nitrogen functional groups attached to an aromatic ring is 1. The van der Waals surface area contributed by atoms with Gasteiger partial charge in [0.25, 0.3) is 0 Å². The number of nitrogens with two attached hydrogens (primary N) is 1. The summed E-state index contributed by atoms with van der Waals surface area (Å²) >= 11 is 5.91. The van der Waals surface area contributed by atoms with Crippen molar-refractivity contribution in [1.82, 2.24) is 9.47 Å². The van der Waals surface area contributed by atoms with Crippen molar-refractivity contribution in [1.29, 1.82) is 0 Å². The summed E-state index contributed by atoms with van der Waals surface area (Å²) in [5, 5.41) is 9.52. The quantitative estimate of drug-likeness (QED) is 0.119. The molecule has 3 N–H and O–H groups in total. The first-order chi connectivity index (χ1) is 19.5. The lowest BCUT2D eigenvalue weighted by Crippen LogP contribution is -2.48. The first kappa shape index (κ1) is 31.8. The van der Waals surface area contributed by atoms with Gasteiger partial charge in [-0.25, -0.2) is 9.18 Å². The molecule has 1 saturated heterocycles. The van der Waals surface area contributed by atoms with Crippen molar-refractivity contribution in [3.63, 3.8) is 0 Å². The van der Waals surface area contributed by atoms with Gasteiger partial charge in [-0.2, -0.15) is 13.2 Å². The molecule has 42 heavy (non-hydrogen) atoms. The molecule has 3 atom stereocenters. The largest absolute Gasteiger partial charge is 0.479 e. The molecule has 1 unspecified atom stereocenters. The van der Waals surface area contributed by atoms with Crippen LogP contribution < -0.4 is 5.73 Å². The van der Waals surface area contributed by atoms with Crippen molar-refractivity contribution in [3.05, 3.63) is 58.1 Å². The second-order valence-electron chi connectivity index (χ2n) is 11.9. The van der Waals surface area contributed by atoms with Crippen LogP contribution in [0.4, 0.5) is 23.2 Å². The Morgan fingerprint density at radius 2 is 1.90 bits per heavy atom. The van der Waals surface area contributed by atoms with Gasteiger partial charge in [-0.05, 0) is 48.6 Å². The van der Waals surface area contributed by atoms with E-state index in [-0.39, 0.29) is 53.4 Å². The summed E-state index contributed by atoms with van der Waals surface area (Å²) in [6.45, 7) is 6.81. The van der Waals surface area contributed by atoms with Gasteiger partial charge in [-0.3, -0.25) is 9.59 Å². The minimum atomic E-state index is -4.67. The third kappa shape index (κ3) is 6.57. The number of rotatable bonds is 10. The molecule has 0 spiro atoms. The number of fused-ring (bicyclic) bond motifs is 1. The van der Waals surface area contributed by atoms with Gasteiger partial charge in [0.1, 0.15) is 6.73 Å². The van der Waals surface area contributed by atoms with Crippen LogP contribution in [0, 0.1) is 11.7 Å². The summed E-state index contributed by atoms with van der Waals surface area (Å²) in [5.74, 6) is -5.16. The van der Waals surface area contributed by atoms with E-state index in [2.05, 4.69) is 19.6 Å². The van der Waals surface area contributed by atoms with Crippen LogP contribution in [-0.4, -0.2) is 59.0 Å². The molecule has 3 heterocycles. The highest BCUT2D eigenvalue weighted by molar-refractivity contribution is 6.76. The number of halogens is 5. The van der Waals surface area contributed by atoms with Crippen molar-refractivity contribution in [2.75, 3.05) is 12.3 Å². The standard InChI is InChI=1S/C28H32ClF4N3O5Si/c1-42(2,3)9-8-41-14-35-12-15(18(13-35)28(31,32)33)4-5-17-21-10-16(23-20(34)7-6-19(29)24(23)30)11-22(37)36(21)25(26(17)38)27(39)40/h6-7,11-13,17,21,25H,4-5,8-10,14,34H2,1-3H3,(H,39,40)/t17?,21-,25+/m1/s1. The van der Waals surface area contributed by atoms with E-state index in [9.17, 15) is 37.1 Å². The first-order valence-corrected chi connectivity index (χ1v) is 17.4. The Bertz CT molecular complexity index is 1440. The van der Waals surface area contributed by atoms with Crippen LogP contribution in [0.5, 0.6) is 0 Å². The Kier molecular flexibility index (Phi) is 8.96. The molecule has 1 amide bonds. The maximum Gasteiger partial charge on any atom is 0.418 e. The number of hydrogen-bond acceptors (Lipinski definition) is 5. The second kappa shape index (κ2) is 11.8. The number of carbonyl (C=O) groups is 3. The predicted molar refractivity (Wildman–Crippen MR) is 151 cm³/mol. The number of hydrogen-bond donors (Lipinski definition) is 2. The number of aliphatic carboxylic acids is 1. The third-order valence-corrected chi connectivity index (χ3v) is 9.62. The van der Waals surface area contributed by atoms with E-state index in [0.29, 0.717) is 6.61 Å². The van der Waals surface area contributed by atoms with Gasteiger partial charge in [0, 0.05) is 56.4 Å². The number of aryl methyl sites for hydroxylation is 1. The van der Waals surface area contributed by atoms with Gasteiger partial charge < -0.3 is 25.0 Å². The molecule has 4 rings (SSSR count). The zero-order chi connectivity index (χ0) is 31.1. The highest BCUT2D eigenvalue weighted by atomic mass is 35.5. The Morgan fingerprint density at radius 1 is 1.21 bits per heavy atom. The molecular formula is C28H32ClF4N3O5Si. The minimum absolute atomic E-state index is 0.0109. The molecule has 0 radical (unpaired) electrons. The summed E-state index contributed by atoms with van der Waals surface area (Å²) < 4.78 is 63.5. The molecule has 1 fully saturated rings. The van der Waals surface area contributed by atoms with E-state index < -0.39 is 61.3 Å². The predicted octanol–water partition coefficient (Wildman–Crippen LogP) is 5.46. The molecule has 8 nitrogen and oxygen atoms in total. The second-order valence-corrected chi connectivity index (χ2v) is 17.9. The van der Waals surface area contributed by atoms with Crippen molar-refractivity contribution in [2.45, 2.75) is 69.9 Å². The Labute approximate surface area is 246 Å². The Balaban J connectivity index is 1.60. The molecule has 228 valence electrons. The zero-order valence-electron chi connectivity index (χ0n) is 23.3. The number of nitrogens with zero attached hydrogens (tertiary/aromatic N) is 2. The Hall–Kier alpha value is -3.16. The monoisotopic (exact) mass is 629 g/mol. The van der Waals surface area contributed by atoms with Crippen molar-refractivity contribution < 1.29 is 41.8 Å². The number of anilines is 1. The number of alkyl halides is 3. The maximum atomic E-state index is 14.9. The maximum absolute atomic E-state index is 14.9. The van der Waals surface area contributed by atoms with Crippen molar-refractivity contribution >= 4 is 48.6 Å². The highest BCUT2D eigenvalue weighted by Gasteiger charge is 2.54. The van der Waals surface area contributed by atoms with E-state index in [1.807, 2.05) is 0 Å². The summed E-state index contributed by atoms with van der Waals surface area (Å²) in [7, 11) is -1.39. The molecule has 0 bridgehead atoms. The van der Waals surface area contributed by atoms with Gasteiger partial charge in [-0.1, -0.05) is 31.2 Å². The van der Waals surface area contributed by atoms with Gasteiger partial charge in [0.2, 0.25) is 5.91 Å². The SMILES string of the molecule is C[Si](C)(C)CCOCn1cc(CCC2C(=O)[C@@H](C(=O)O)N3C(=O)C=C(c4c(N)ccc(Cl)c4F)C[C@H]23)c(C(F)(F)F)c1. The van der Waals surface area contributed by atoms with Crippen LogP contribution in [0.1, 0.15) is 29.5 Å². The van der Waals surface area contributed by atoms with E-state index in [4.69, 9.17) is 22.1 Å². The smallest absolute Gasteiger partial charge is 0.418 e. The van der Waals surface area contributed by atoms with Crippen molar-refractivity contribution in [3.8, 4) is 0 Å². The number of aromatic nitrogens is 1. The minimum Gasteiger partial charge on any atom is -0.479 e. The van der Waals surface area contributed by atoms with Crippen LogP contribution in [0.15, 0.2) is 30.6 Å². The van der Waals surface area contributed by atoms with Crippen LogP contribution in [0.3, 0.4) is 0 Å². The summed E-state index contributed by atoms with van der Waals surface area (Å²) in [6.07, 6.45) is -1.91. The summed E-state index contributed by atoms with van der Waals surface area (Å²) in [4.78, 5) is 39.3. The van der Waals surface area contributed by atoms with Gasteiger partial charge in [-0.15, -0.1) is 0 Å². The molecule has 14 heteroatoms. The van der Waals surface area contributed by atoms with Gasteiger partial charge >= 0.3 is 12.1 Å². The number of Topliss-reactive ketones (excluding diaryl/α,β-unsaturated/α-hetero) is 1. The van der Waals surface area contributed by atoms with Crippen molar-refractivity contribution in [2.24, 2.45) is 5.92 Å². The van der Waals surface area contributed by atoms with Crippen LogP contribution in [-0.2, 0) is 38.4 Å². The number of ether oxygens (including phenoxy) is 1. The highest BCUT2D eigenvalue weighted by Crippen LogP contribution is 2.43. The van der Waals surface area contributed by atoms with Crippen LogP contribution >= 0.6 is 11.6 Å². The summed E-state index contributed by atoms with van der Waals surface area (Å²) in [5.41, 5.74) is 4.97. The lowest BCUT2D eigenvalue weighted by Gasteiger charge is -2.33. The molecule has 1 aromatic carbocycles. The van der Waals surface area contributed by atoms with E-state index in [1.165, 1.54) is 22.9 Å². The molecule has 2 aliphatic rings. The number of carboxylic acids is 1. The normalized spacial score (nSPS) is 21.1. The lowest BCUT2D eigenvalue weighted by molar-refractivity contribution is -0.150. The third-order valence-electron chi connectivity index (χ3n) is 7.63. The average Bonchev–Trinajstić information content (AvgIpc) is 3.41. The lowest BCUT2D eigenvalue weighted by atomic mass is 9.84. The summed E-state index contributed by atoms with van der Waals surface area (Å²) in [6, 6.07) is 0.619. The molecule has 1 aromatic heterocycles. The molecule has 2 aliphatic heterocycles. The fraction of sp³-hybridized carbons (Fsp3) is 0.464. The molecule has 0 aliphatic carbocycles. The Morgan fingerprint density at radius 3 is 2.52 bits per heavy atom. The van der Waals surface area contributed by atoms with Gasteiger partial charge in [0.15, 0.2) is 17.6 Å². The molecule has 2 aromatic rings. The first-order valence-electron chi connectivity index (χ1n) is 13.4. The fourth-order valence-electron chi connectivity index (χ4n) is 5.54. The van der Waals surface area contributed by atoms with E-state index in [0.717, 1.165) is 23.2 Å². The zero-order valence-corrected chi connectivity index (χ0v) is 25.1. The number of carbonyl (C=O) groups excluding carboxylic acids is 2. The van der Waals surface area contributed by atoms with Gasteiger partial charge in [0.05, 0.1) is 10.6 Å².